The quantitative estimate of drug-likeness (QED) is 0.916. The van der Waals surface area contributed by atoms with E-state index in [0.29, 0.717) is 0 Å². The minimum atomic E-state index is 0.193. The smallest absolute Gasteiger partial charge is 0.0797 e. The molecule has 0 saturated heterocycles. The van der Waals surface area contributed by atoms with Crippen molar-refractivity contribution in [3.05, 3.63) is 33.8 Å². The highest BCUT2D eigenvalue weighted by Crippen LogP contribution is 2.25. The van der Waals surface area contributed by atoms with Crippen LogP contribution >= 0.6 is 15.9 Å². The van der Waals surface area contributed by atoms with Crippen LogP contribution in [0.2, 0.25) is 0 Å². The molecule has 19 heavy (non-hydrogen) atoms. The van der Waals surface area contributed by atoms with Gasteiger partial charge in [0.1, 0.15) is 0 Å². The minimum Gasteiger partial charge on any atom is -0.311 e. The SMILES string of the molecule is CCn1nc(C)c(Br)c1CC(NC)c1ccn(C)n1. The molecule has 0 saturated carbocycles. The van der Waals surface area contributed by atoms with Crippen LogP contribution in [0.4, 0.5) is 0 Å². The van der Waals surface area contributed by atoms with Crippen LogP contribution in [0.15, 0.2) is 16.7 Å². The fourth-order valence-corrected chi connectivity index (χ4v) is 2.68. The Morgan fingerprint density at radius 1 is 1.42 bits per heavy atom. The summed E-state index contributed by atoms with van der Waals surface area (Å²) in [6, 6.07) is 2.24. The van der Waals surface area contributed by atoms with Crippen molar-refractivity contribution in [2.24, 2.45) is 7.05 Å². The number of rotatable bonds is 5. The summed E-state index contributed by atoms with van der Waals surface area (Å²) in [6.07, 6.45) is 2.83. The van der Waals surface area contributed by atoms with Crippen LogP contribution in [0.3, 0.4) is 0 Å². The predicted octanol–water partition coefficient (Wildman–Crippen LogP) is 2.21. The Balaban J connectivity index is 2.28. The number of aryl methyl sites for hydroxylation is 3. The van der Waals surface area contributed by atoms with Gasteiger partial charge in [-0.3, -0.25) is 9.36 Å². The maximum atomic E-state index is 4.53. The second-order valence-corrected chi connectivity index (χ2v) is 5.41. The first kappa shape index (κ1) is 14.3. The van der Waals surface area contributed by atoms with Crippen molar-refractivity contribution < 1.29 is 0 Å². The molecule has 6 heteroatoms. The number of hydrogen-bond acceptors (Lipinski definition) is 3. The van der Waals surface area contributed by atoms with E-state index >= 15 is 0 Å². The third-order valence-corrected chi connectivity index (χ3v) is 4.32. The van der Waals surface area contributed by atoms with E-state index in [0.717, 1.165) is 28.8 Å². The molecule has 0 aliphatic heterocycles. The van der Waals surface area contributed by atoms with Crippen LogP contribution in [0, 0.1) is 6.92 Å². The first-order valence-electron chi connectivity index (χ1n) is 6.45. The Kier molecular flexibility index (Phi) is 4.42. The van der Waals surface area contributed by atoms with E-state index in [1.807, 2.05) is 36.6 Å². The van der Waals surface area contributed by atoms with Crippen molar-refractivity contribution in [1.82, 2.24) is 24.9 Å². The van der Waals surface area contributed by atoms with Gasteiger partial charge in [0, 0.05) is 26.2 Å². The van der Waals surface area contributed by atoms with Crippen molar-refractivity contribution >= 4 is 15.9 Å². The number of nitrogens with one attached hydrogen (secondary N) is 1. The first-order valence-corrected chi connectivity index (χ1v) is 7.24. The van der Waals surface area contributed by atoms with Crippen LogP contribution in [-0.4, -0.2) is 26.6 Å². The van der Waals surface area contributed by atoms with E-state index in [9.17, 15) is 0 Å². The van der Waals surface area contributed by atoms with Gasteiger partial charge in [0.05, 0.1) is 27.6 Å². The van der Waals surface area contributed by atoms with Crippen molar-refractivity contribution in [2.45, 2.75) is 32.9 Å². The standard InChI is InChI=1S/C13H20BrN5/c1-5-19-12(13(14)9(2)16-19)8-11(15-3)10-6-7-18(4)17-10/h6-7,11,15H,5,8H2,1-4H3. The Morgan fingerprint density at radius 2 is 2.16 bits per heavy atom. The van der Waals surface area contributed by atoms with Gasteiger partial charge in [-0.1, -0.05) is 0 Å². The Bertz CT molecular complexity index is 557. The van der Waals surface area contributed by atoms with Crippen LogP contribution < -0.4 is 5.32 Å². The molecule has 0 fully saturated rings. The summed E-state index contributed by atoms with van der Waals surface area (Å²) in [6.45, 7) is 5.01. The largest absolute Gasteiger partial charge is 0.311 e. The monoisotopic (exact) mass is 325 g/mol. The molecule has 1 N–H and O–H groups in total. The van der Waals surface area contributed by atoms with Crippen molar-refractivity contribution in [3.8, 4) is 0 Å². The molecule has 2 aromatic heterocycles. The number of likely N-dealkylation sites (N-methyl/N-ethyl adjacent to an activating group) is 1. The Labute approximate surface area is 122 Å². The predicted molar refractivity (Wildman–Crippen MR) is 79.1 cm³/mol. The molecule has 1 unspecified atom stereocenters. The molecule has 1 atom stereocenters. The van der Waals surface area contributed by atoms with Gasteiger partial charge in [0.2, 0.25) is 0 Å². The van der Waals surface area contributed by atoms with Crippen molar-refractivity contribution in [2.75, 3.05) is 7.05 Å². The lowest BCUT2D eigenvalue weighted by Crippen LogP contribution is -2.21. The topological polar surface area (TPSA) is 47.7 Å². The molecule has 0 aliphatic carbocycles. The summed E-state index contributed by atoms with van der Waals surface area (Å²) >= 11 is 3.64. The highest BCUT2D eigenvalue weighted by atomic mass is 79.9. The van der Waals surface area contributed by atoms with Crippen LogP contribution in [0.1, 0.15) is 30.0 Å². The van der Waals surface area contributed by atoms with Crippen LogP contribution in [0.25, 0.3) is 0 Å². The maximum absolute atomic E-state index is 4.53. The molecule has 2 heterocycles. The maximum Gasteiger partial charge on any atom is 0.0797 e. The van der Waals surface area contributed by atoms with E-state index in [-0.39, 0.29) is 6.04 Å². The van der Waals surface area contributed by atoms with Crippen molar-refractivity contribution in [1.29, 1.82) is 0 Å². The van der Waals surface area contributed by atoms with E-state index in [2.05, 4.69) is 44.4 Å². The van der Waals surface area contributed by atoms with Gasteiger partial charge in [-0.25, -0.2) is 0 Å². The van der Waals surface area contributed by atoms with E-state index < -0.39 is 0 Å². The van der Waals surface area contributed by atoms with Gasteiger partial charge < -0.3 is 5.32 Å². The van der Waals surface area contributed by atoms with Gasteiger partial charge in [-0.05, 0) is 42.9 Å². The zero-order chi connectivity index (χ0) is 14.0. The molecule has 0 spiro atoms. The molecule has 0 radical (unpaired) electrons. The zero-order valence-electron chi connectivity index (χ0n) is 11.8. The normalized spacial score (nSPS) is 12.9. The second kappa shape index (κ2) is 5.88. The molecular weight excluding hydrogens is 306 g/mol. The summed E-state index contributed by atoms with van der Waals surface area (Å²) in [4.78, 5) is 0. The summed E-state index contributed by atoms with van der Waals surface area (Å²) in [5.41, 5.74) is 3.30. The van der Waals surface area contributed by atoms with Gasteiger partial charge >= 0.3 is 0 Å². The molecule has 5 nitrogen and oxygen atoms in total. The van der Waals surface area contributed by atoms with Gasteiger partial charge in [-0.15, -0.1) is 0 Å². The first-order chi connectivity index (χ1) is 9.06. The van der Waals surface area contributed by atoms with Gasteiger partial charge in [-0.2, -0.15) is 10.2 Å². The lowest BCUT2D eigenvalue weighted by molar-refractivity contribution is 0.524. The second-order valence-electron chi connectivity index (χ2n) is 4.62. The number of halogens is 1. The highest BCUT2D eigenvalue weighted by Gasteiger charge is 2.19. The van der Waals surface area contributed by atoms with Gasteiger partial charge in [0.25, 0.3) is 0 Å². The third-order valence-electron chi connectivity index (χ3n) is 3.29. The van der Waals surface area contributed by atoms with Crippen LogP contribution in [0.5, 0.6) is 0 Å². The van der Waals surface area contributed by atoms with E-state index in [4.69, 9.17) is 0 Å². The molecule has 0 aromatic carbocycles. The molecule has 2 rings (SSSR count). The van der Waals surface area contributed by atoms with Crippen LogP contribution in [-0.2, 0) is 20.0 Å². The summed E-state index contributed by atoms with van der Waals surface area (Å²) in [7, 11) is 3.90. The molecule has 0 aliphatic rings. The van der Waals surface area contributed by atoms with Gasteiger partial charge in [0.15, 0.2) is 0 Å². The lowest BCUT2D eigenvalue weighted by atomic mass is 10.1. The molecule has 2 aromatic rings. The average Bonchev–Trinajstić information content (AvgIpc) is 2.93. The third kappa shape index (κ3) is 2.90. The van der Waals surface area contributed by atoms with Crippen molar-refractivity contribution in [3.63, 3.8) is 0 Å². The fourth-order valence-electron chi connectivity index (χ4n) is 2.23. The lowest BCUT2D eigenvalue weighted by Gasteiger charge is -2.15. The molecule has 104 valence electrons. The zero-order valence-corrected chi connectivity index (χ0v) is 13.4. The minimum absolute atomic E-state index is 0.193. The summed E-state index contributed by atoms with van der Waals surface area (Å²) in [5.74, 6) is 0. The average molecular weight is 326 g/mol. The van der Waals surface area contributed by atoms with E-state index in [1.54, 1.807) is 0 Å². The molecule has 0 amide bonds. The Hall–Kier alpha value is -1.14. The van der Waals surface area contributed by atoms with E-state index in [1.165, 1.54) is 5.69 Å². The number of aromatic nitrogens is 4. The summed E-state index contributed by atoms with van der Waals surface area (Å²) < 4.78 is 4.98. The number of hydrogen-bond donors (Lipinski definition) is 1. The summed E-state index contributed by atoms with van der Waals surface area (Å²) in [5, 5.41) is 12.3. The highest BCUT2D eigenvalue weighted by molar-refractivity contribution is 9.10. The number of nitrogens with zero attached hydrogens (tertiary/aromatic N) is 4. The fraction of sp³-hybridized carbons (Fsp3) is 0.538. The molecule has 0 bridgehead atoms. The Morgan fingerprint density at radius 3 is 2.68 bits per heavy atom. The molecular formula is C13H20BrN5.